The van der Waals surface area contributed by atoms with Gasteiger partial charge in [-0.1, -0.05) is 31.5 Å². The minimum Gasteiger partial charge on any atom is -0.354 e. The van der Waals surface area contributed by atoms with E-state index in [4.69, 9.17) is 11.6 Å². The number of carbonyl (C=O) groups excluding carboxylic acids is 1. The third-order valence-corrected chi connectivity index (χ3v) is 3.24. The number of aryl methyl sites for hydroxylation is 1. The van der Waals surface area contributed by atoms with Crippen molar-refractivity contribution in [2.24, 2.45) is 5.92 Å². The number of rotatable bonds is 5. The lowest BCUT2D eigenvalue weighted by Crippen LogP contribution is -2.17. The van der Waals surface area contributed by atoms with Gasteiger partial charge in [0.25, 0.3) is 5.91 Å². The molecule has 6 heteroatoms. The zero-order valence-corrected chi connectivity index (χ0v) is 13.6. The quantitative estimate of drug-likeness (QED) is 0.881. The van der Waals surface area contributed by atoms with E-state index in [-0.39, 0.29) is 5.91 Å². The Morgan fingerprint density at radius 3 is 2.82 bits per heavy atom. The van der Waals surface area contributed by atoms with Gasteiger partial charge in [-0.2, -0.15) is 0 Å². The van der Waals surface area contributed by atoms with Crippen molar-refractivity contribution in [1.29, 1.82) is 0 Å². The molecule has 1 aromatic heterocycles. The summed E-state index contributed by atoms with van der Waals surface area (Å²) >= 11 is 5.96. The molecule has 0 fully saturated rings. The Balaban J connectivity index is 2.12. The summed E-state index contributed by atoms with van der Waals surface area (Å²) in [5.74, 6) is 0.625. The highest BCUT2D eigenvalue weighted by Gasteiger charge is 2.11. The fourth-order valence-corrected chi connectivity index (χ4v) is 1.95. The monoisotopic (exact) mass is 318 g/mol. The molecule has 0 radical (unpaired) electrons. The predicted octanol–water partition coefficient (Wildman–Crippen LogP) is 3.76. The Bertz CT molecular complexity index is 673. The van der Waals surface area contributed by atoms with Crippen LogP contribution < -0.4 is 10.6 Å². The predicted molar refractivity (Wildman–Crippen MR) is 89.5 cm³/mol. The SMILES string of the molecule is Cc1ccc(Cl)cc1NC(=O)c1ccnc(NCC(C)C)n1. The van der Waals surface area contributed by atoms with Crippen LogP contribution >= 0.6 is 11.6 Å². The topological polar surface area (TPSA) is 66.9 Å². The van der Waals surface area contributed by atoms with E-state index in [2.05, 4.69) is 34.4 Å². The van der Waals surface area contributed by atoms with E-state index in [9.17, 15) is 4.79 Å². The minimum atomic E-state index is -0.291. The summed E-state index contributed by atoms with van der Waals surface area (Å²) in [6, 6.07) is 6.93. The highest BCUT2D eigenvalue weighted by atomic mass is 35.5. The average molecular weight is 319 g/mol. The van der Waals surface area contributed by atoms with E-state index in [1.165, 1.54) is 0 Å². The van der Waals surface area contributed by atoms with E-state index in [1.807, 2.05) is 13.0 Å². The molecule has 0 aliphatic heterocycles. The van der Waals surface area contributed by atoms with Gasteiger partial charge in [-0.25, -0.2) is 9.97 Å². The van der Waals surface area contributed by atoms with Gasteiger partial charge in [-0.3, -0.25) is 4.79 Å². The molecule has 0 spiro atoms. The number of nitrogens with zero attached hydrogens (tertiary/aromatic N) is 2. The number of aromatic nitrogens is 2. The molecule has 0 saturated carbocycles. The van der Waals surface area contributed by atoms with Crippen molar-refractivity contribution >= 4 is 29.1 Å². The highest BCUT2D eigenvalue weighted by molar-refractivity contribution is 6.31. The number of halogens is 1. The summed E-state index contributed by atoms with van der Waals surface area (Å²) in [6.07, 6.45) is 1.56. The zero-order valence-electron chi connectivity index (χ0n) is 12.9. The maximum absolute atomic E-state index is 12.3. The Hall–Kier alpha value is -2.14. The number of benzene rings is 1. The van der Waals surface area contributed by atoms with Crippen LogP contribution in [0, 0.1) is 12.8 Å². The van der Waals surface area contributed by atoms with Crippen molar-refractivity contribution in [2.45, 2.75) is 20.8 Å². The molecule has 5 nitrogen and oxygen atoms in total. The molecule has 0 atom stereocenters. The van der Waals surface area contributed by atoms with Gasteiger partial charge in [0, 0.05) is 23.5 Å². The molecule has 0 aliphatic rings. The molecular formula is C16H19ClN4O. The van der Waals surface area contributed by atoms with E-state index in [0.717, 1.165) is 12.1 Å². The van der Waals surface area contributed by atoms with Crippen LogP contribution in [0.4, 0.5) is 11.6 Å². The molecular weight excluding hydrogens is 300 g/mol. The van der Waals surface area contributed by atoms with Crippen molar-refractivity contribution in [3.63, 3.8) is 0 Å². The second-order valence-electron chi connectivity index (χ2n) is 5.45. The maximum Gasteiger partial charge on any atom is 0.274 e. The number of hydrogen-bond donors (Lipinski definition) is 2. The number of hydrogen-bond acceptors (Lipinski definition) is 4. The van der Waals surface area contributed by atoms with Crippen molar-refractivity contribution in [3.8, 4) is 0 Å². The zero-order chi connectivity index (χ0) is 16.1. The standard InChI is InChI=1S/C16H19ClN4O/c1-10(2)9-19-16-18-7-6-13(21-16)15(22)20-14-8-12(17)5-4-11(14)3/h4-8,10H,9H2,1-3H3,(H,20,22)(H,18,19,21). The normalized spacial score (nSPS) is 10.6. The van der Waals surface area contributed by atoms with Gasteiger partial charge in [-0.15, -0.1) is 0 Å². The van der Waals surface area contributed by atoms with Crippen LogP contribution in [0.1, 0.15) is 29.9 Å². The summed E-state index contributed by atoms with van der Waals surface area (Å²) in [7, 11) is 0. The maximum atomic E-state index is 12.3. The van der Waals surface area contributed by atoms with Gasteiger partial charge in [0.15, 0.2) is 0 Å². The molecule has 0 unspecified atom stereocenters. The first-order valence-electron chi connectivity index (χ1n) is 7.10. The Labute approximate surface area is 135 Å². The van der Waals surface area contributed by atoms with Gasteiger partial charge < -0.3 is 10.6 Å². The van der Waals surface area contributed by atoms with E-state index in [1.54, 1.807) is 24.4 Å². The van der Waals surface area contributed by atoms with Crippen LogP contribution in [0.15, 0.2) is 30.5 Å². The number of amides is 1. The van der Waals surface area contributed by atoms with Crippen molar-refractivity contribution in [2.75, 3.05) is 17.2 Å². The molecule has 2 N–H and O–H groups in total. The van der Waals surface area contributed by atoms with Crippen molar-refractivity contribution in [1.82, 2.24) is 9.97 Å². The van der Waals surface area contributed by atoms with Crippen LogP contribution in [0.5, 0.6) is 0 Å². The molecule has 1 aromatic carbocycles. The Morgan fingerprint density at radius 1 is 1.32 bits per heavy atom. The average Bonchev–Trinajstić information content (AvgIpc) is 2.49. The molecule has 0 saturated heterocycles. The summed E-state index contributed by atoms with van der Waals surface area (Å²) < 4.78 is 0. The summed E-state index contributed by atoms with van der Waals surface area (Å²) in [5.41, 5.74) is 1.92. The second kappa shape index (κ2) is 7.22. The van der Waals surface area contributed by atoms with Crippen molar-refractivity contribution in [3.05, 3.63) is 46.7 Å². The summed E-state index contributed by atoms with van der Waals surface area (Å²) in [5, 5.41) is 6.49. The largest absolute Gasteiger partial charge is 0.354 e. The fraction of sp³-hybridized carbons (Fsp3) is 0.312. The Morgan fingerprint density at radius 2 is 2.09 bits per heavy atom. The van der Waals surface area contributed by atoms with Gasteiger partial charge in [0.1, 0.15) is 5.69 Å². The smallest absolute Gasteiger partial charge is 0.274 e. The lowest BCUT2D eigenvalue weighted by atomic mass is 10.2. The van der Waals surface area contributed by atoms with Gasteiger partial charge in [0.05, 0.1) is 0 Å². The third kappa shape index (κ3) is 4.43. The van der Waals surface area contributed by atoms with Crippen LogP contribution in [0.3, 0.4) is 0 Å². The summed E-state index contributed by atoms with van der Waals surface area (Å²) in [4.78, 5) is 20.6. The second-order valence-corrected chi connectivity index (χ2v) is 5.89. The first kappa shape index (κ1) is 16.2. The third-order valence-electron chi connectivity index (χ3n) is 3.00. The first-order chi connectivity index (χ1) is 10.5. The van der Waals surface area contributed by atoms with Gasteiger partial charge in [-0.05, 0) is 36.6 Å². The number of nitrogens with one attached hydrogen (secondary N) is 2. The molecule has 116 valence electrons. The fourth-order valence-electron chi connectivity index (χ4n) is 1.78. The molecule has 1 heterocycles. The highest BCUT2D eigenvalue weighted by Crippen LogP contribution is 2.20. The van der Waals surface area contributed by atoms with Crippen LogP contribution in [-0.4, -0.2) is 22.4 Å². The lowest BCUT2D eigenvalue weighted by Gasteiger charge is -2.10. The minimum absolute atomic E-state index is 0.291. The molecule has 2 rings (SSSR count). The van der Waals surface area contributed by atoms with Gasteiger partial charge >= 0.3 is 0 Å². The van der Waals surface area contributed by atoms with E-state index in [0.29, 0.717) is 28.3 Å². The first-order valence-corrected chi connectivity index (χ1v) is 7.48. The number of anilines is 2. The van der Waals surface area contributed by atoms with E-state index >= 15 is 0 Å². The van der Waals surface area contributed by atoms with Crippen molar-refractivity contribution < 1.29 is 4.79 Å². The van der Waals surface area contributed by atoms with Crippen LogP contribution in [0.25, 0.3) is 0 Å². The van der Waals surface area contributed by atoms with Crippen LogP contribution in [0.2, 0.25) is 5.02 Å². The Kier molecular flexibility index (Phi) is 5.33. The molecule has 2 aromatic rings. The number of carbonyl (C=O) groups is 1. The molecule has 1 amide bonds. The lowest BCUT2D eigenvalue weighted by molar-refractivity contribution is 0.102. The summed E-state index contributed by atoms with van der Waals surface area (Å²) in [6.45, 7) is 6.83. The van der Waals surface area contributed by atoms with Gasteiger partial charge in [0.2, 0.25) is 5.95 Å². The van der Waals surface area contributed by atoms with Crippen LogP contribution in [-0.2, 0) is 0 Å². The van der Waals surface area contributed by atoms with E-state index < -0.39 is 0 Å². The molecule has 22 heavy (non-hydrogen) atoms. The molecule has 0 bridgehead atoms. The molecule has 0 aliphatic carbocycles.